The number of nitrogens with one attached hydrogen (secondary N) is 1. The number of pyridine rings is 1. The standard InChI is InChI=1S/C18H18N4O2/c1-4-5-15(13(2)24-3)16-11-17(21-12-20-16)22-18(23)10-14-6-8-19-9-7-14/h4-9,11-12H,1-2,10H2,3H3,(H,20,21,22,23)/b15-5+. The third-order valence-electron chi connectivity index (χ3n) is 3.16. The van der Waals surface area contributed by atoms with Crippen LogP contribution in [-0.4, -0.2) is 28.0 Å². The Balaban J connectivity index is 2.15. The zero-order valence-electron chi connectivity index (χ0n) is 13.4. The monoisotopic (exact) mass is 322 g/mol. The minimum Gasteiger partial charge on any atom is -0.497 e. The van der Waals surface area contributed by atoms with Gasteiger partial charge in [-0.1, -0.05) is 19.2 Å². The van der Waals surface area contributed by atoms with Gasteiger partial charge in [0.05, 0.1) is 19.2 Å². The molecule has 0 aliphatic heterocycles. The number of nitrogens with zero attached hydrogens (tertiary/aromatic N) is 3. The lowest BCUT2D eigenvalue weighted by Gasteiger charge is -2.10. The van der Waals surface area contributed by atoms with Crippen molar-refractivity contribution in [3.63, 3.8) is 0 Å². The van der Waals surface area contributed by atoms with Gasteiger partial charge in [0.2, 0.25) is 5.91 Å². The number of allylic oxidation sites excluding steroid dienone is 3. The lowest BCUT2D eigenvalue weighted by Crippen LogP contribution is -2.15. The highest BCUT2D eigenvalue weighted by Crippen LogP contribution is 2.22. The molecule has 6 nitrogen and oxygen atoms in total. The molecular formula is C18H18N4O2. The summed E-state index contributed by atoms with van der Waals surface area (Å²) in [7, 11) is 1.53. The van der Waals surface area contributed by atoms with Crippen LogP contribution in [-0.2, 0) is 16.0 Å². The Morgan fingerprint density at radius 2 is 2.08 bits per heavy atom. The second-order valence-corrected chi connectivity index (χ2v) is 4.81. The maximum absolute atomic E-state index is 12.1. The maximum Gasteiger partial charge on any atom is 0.229 e. The number of carbonyl (C=O) groups excluding carboxylic acids is 1. The van der Waals surface area contributed by atoms with Crippen LogP contribution >= 0.6 is 0 Å². The third kappa shape index (κ3) is 4.61. The summed E-state index contributed by atoms with van der Waals surface area (Å²) in [6.07, 6.45) is 8.25. The number of carbonyl (C=O) groups is 1. The molecule has 0 atom stereocenters. The number of ether oxygens (including phenoxy) is 1. The van der Waals surface area contributed by atoms with Crippen molar-refractivity contribution in [2.45, 2.75) is 6.42 Å². The van der Waals surface area contributed by atoms with Crippen LogP contribution in [0.1, 0.15) is 11.3 Å². The molecule has 2 aromatic heterocycles. The van der Waals surface area contributed by atoms with E-state index < -0.39 is 0 Å². The smallest absolute Gasteiger partial charge is 0.229 e. The van der Waals surface area contributed by atoms with Crippen LogP contribution in [0.2, 0.25) is 0 Å². The molecule has 0 radical (unpaired) electrons. The maximum atomic E-state index is 12.1. The predicted molar refractivity (Wildman–Crippen MR) is 92.9 cm³/mol. The number of methoxy groups -OCH3 is 1. The highest BCUT2D eigenvalue weighted by Gasteiger charge is 2.10. The van der Waals surface area contributed by atoms with Crippen molar-refractivity contribution in [1.29, 1.82) is 0 Å². The molecule has 122 valence electrons. The molecule has 0 aliphatic carbocycles. The van der Waals surface area contributed by atoms with Crippen LogP contribution in [0, 0.1) is 0 Å². The summed E-state index contributed by atoms with van der Waals surface area (Å²) < 4.78 is 5.16. The molecule has 0 saturated heterocycles. The zero-order valence-corrected chi connectivity index (χ0v) is 13.4. The van der Waals surface area contributed by atoms with Gasteiger partial charge in [0.25, 0.3) is 0 Å². The molecule has 24 heavy (non-hydrogen) atoms. The van der Waals surface area contributed by atoms with E-state index in [4.69, 9.17) is 4.74 Å². The van der Waals surface area contributed by atoms with E-state index in [0.717, 1.165) is 5.56 Å². The van der Waals surface area contributed by atoms with E-state index in [1.807, 2.05) is 0 Å². The van der Waals surface area contributed by atoms with Gasteiger partial charge in [0.1, 0.15) is 17.9 Å². The Bertz CT molecular complexity index is 770. The van der Waals surface area contributed by atoms with Gasteiger partial charge >= 0.3 is 0 Å². The summed E-state index contributed by atoms with van der Waals surface area (Å²) in [5.41, 5.74) is 2.12. The van der Waals surface area contributed by atoms with E-state index in [0.29, 0.717) is 22.8 Å². The Hall–Kier alpha value is -3.28. The number of anilines is 1. The number of amides is 1. The SMILES string of the molecule is C=C/C=C(\C(=C)OC)c1cc(NC(=O)Cc2ccncc2)ncn1. The van der Waals surface area contributed by atoms with Crippen LogP contribution in [0.3, 0.4) is 0 Å². The van der Waals surface area contributed by atoms with E-state index in [1.54, 1.807) is 42.7 Å². The predicted octanol–water partition coefficient (Wildman–Crippen LogP) is 2.78. The van der Waals surface area contributed by atoms with E-state index >= 15 is 0 Å². The van der Waals surface area contributed by atoms with Gasteiger partial charge in [-0.2, -0.15) is 0 Å². The lowest BCUT2D eigenvalue weighted by atomic mass is 10.1. The van der Waals surface area contributed by atoms with Crippen molar-refractivity contribution in [1.82, 2.24) is 15.0 Å². The molecule has 0 fully saturated rings. The first-order chi connectivity index (χ1) is 11.6. The van der Waals surface area contributed by atoms with Gasteiger partial charge in [-0.25, -0.2) is 9.97 Å². The second-order valence-electron chi connectivity index (χ2n) is 4.81. The molecule has 1 amide bonds. The average molecular weight is 322 g/mol. The molecule has 1 N–H and O–H groups in total. The molecule has 2 heterocycles. The number of rotatable bonds is 7. The number of hydrogen-bond acceptors (Lipinski definition) is 5. The number of hydrogen-bond donors (Lipinski definition) is 1. The summed E-state index contributed by atoms with van der Waals surface area (Å²) in [6.45, 7) is 7.49. The highest BCUT2D eigenvalue weighted by molar-refractivity contribution is 5.91. The summed E-state index contributed by atoms with van der Waals surface area (Å²) in [5.74, 6) is 0.672. The molecule has 6 heteroatoms. The highest BCUT2D eigenvalue weighted by atomic mass is 16.5. The van der Waals surface area contributed by atoms with Crippen LogP contribution in [0.4, 0.5) is 5.82 Å². The van der Waals surface area contributed by atoms with Gasteiger partial charge in [-0.15, -0.1) is 0 Å². The Kier molecular flexibility index (Phi) is 5.96. The first-order valence-corrected chi connectivity index (χ1v) is 7.21. The Labute approximate surface area is 140 Å². The van der Waals surface area contributed by atoms with Crippen molar-refractivity contribution in [3.05, 3.63) is 79.2 Å². The Morgan fingerprint density at radius 1 is 1.33 bits per heavy atom. The molecular weight excluding hydrogens is 304 g/mol. The molecule has 0 aromatic carbocycles. The van der Waals surface area contributed by atoms with E-state index in [1.165, 1.54) is 13.4 Å². The topological polar surface area (TPSA) is 77.0 Å². The normalized spacial score (nSPS) is 10.8. The van der Waals surface area contributed by atoms with E-state index in [2.05, 4.69) is 33.4 Å². The van der Waals surface area contributed by atoms with Crippen molar-refractivity contribution in [2.24, 2.45) is 0 Å². The molecule has 0 spiro atoms. The fourth-order valence-corrected chi connectivity index (χ4v) is 2.00. The second kappa shape index (κ2) is 8.38. The summed E-state index contributed by atoms with van der Waals surface area (Å²) in [6, 6.07) is 5.24. The first-order valence-electron chi connectivity index (χ1n) is 7.21. The van der Waals surface area contributed by atoms with Crippen LogP contribution in [0.15, 0.2) is 68.0 Å². The fourth-order valence-electron chi connectivity index (χ4n) is 2.00. The van der Waals surface area contributed by atoms with Crippen LogP contribution in [0.5, 0.6) is 0 Å². The summed E-state index contributed by atoms with van der Waals surface area (Å²) >= 11 is 0. The van der Waals surface area contributed by atoms with Gasteiger partial charge in [-0.05, 0) is 23.8 Å². The van der Waals surface area contributed by atoms with E-state index in [9.17, 15) is 4.79 Å². The molecule has 0 aliphatic rings. The molecule has 0 bridgehead atoms. The van der Waals surface area contributed by atoms with Gasteiger partial charge in [0.15, 0.2) is 0 Å². The molecule has 2 aromatic rings. The zero-order chi connectivity index (χ0) is 17.4. The van der Waals surface area contributed by atoms with Gasteiger partial charge < -0.3 is 10.1 Å². The largest absolute Gasteiger partial charge is 0.497 e. The minimum atomic E-state index is -0.175. The van der Waals surface area contributed by atoms with Gasteiger partial charge in [0, 0.05) is 24.0 Å². The quantitative estimate of drug-likeness (QED) is 0.626. The van der Waals surface area contributed by atoms with Crippen molar-refractivity contribution >= 4 is 17.3 Å². The third-order valence-corrected chi connectivity index (χ3v) is 3.16. The van der Waals surface area contributed by atoms with Gasteiger partial charge in [-0.3, -0.25) is 9.78 Å². The molecule has 0 unspecified atom stereocenters. The fraction of sp³-hybridized carbons (Fsp3) is 0.111. The Morgan fingerprint density at radius 3 is 2.75 bits per heavy atom. The van der Waals surface area contributed by atoms with Crippen molar-refractivity contribution < 1.29 is 9.53 Å². The van der Waals surface area contributed by atoms with Crippen LogP contribution < -0.4 is 5.32 Å². The average Bonchev–Trinajstić information content (AvgIpc) is 2.60. The summed E-state index contributed by atoms with van der Waals surface area (Å²) in [5, 5.41) is 2.75. The number of aromatic nitrogens is 3. The summed E-state index contributed by atoms with van der Waals surface area (Å²) in [4.78, 5) is 24.3. The first kappa shape index (κ1) is 17.1. The van der Waals surface area contributed by atoms with Crippen LogP contribution in [0.25, 0.3) is 5.57 Å². The van der Waals surface area contributed by atoms with Crippen molar-refractivity contribution in [2.75, 3.05) is 12.4 Å². The lowest BCUT2D eigenvalue weighted by molar-refractivity contribution is -0.115. The molecule has 0 saturated carbocycles. The van der Waals surface area contributed by atoms with Crippen molar-refractivity contribution in [3.8, 4) is 0 Å². The minimum absolute atomic E-state index is 0.175. The molecule has 2 rings (SSSR count). The van der Waals surface area contributed by atoms with E-state index in [-0.39, 0.29) is 12.3 Å².